The first-order valence-corrected chi connectivity index (χ1v) is 2.82. The molecule has 1 aromatic rings. The predicted octanol–water partition coefficient (Wildman–Crippen LogP) is -2.02. The molecule has 1 aromatic heterocycles. The normalized spacial score (nSPS) is 8.62. The van der Waals surface area contributed by atoms with Gasteiger partial charge in [-0.2, -0.15) is 0 Å². The van der Waals surface area contributed by atoms with Crippen LogP contribution in [0.2, 0.25) is 0 Å². The Bertz CT molecular complexity index is 322. The third kappa shape index (κ3) is 3.45. The largest absolute Gasteiger partial charge is 1.00 e. The molecule has 0 aliphatic heterocycles. The molecule has 0 spiro atoms. The van der Waals surface area contributed by atoms with E-state index in [4.69, 9.17) is 0 Å². The molecule has 0 amide bonds. The number of rotatable bonds is 3. The van der Waals surface area contributed by atoms with Crippen LogP contribution in [0.4, 0.5) is 5.88 Å². The number of nitrogens with zero attached hydrogens (tertiary/aromatic N) is 2. The fourth-order valence-corrected chi connectivity index (χ4v) is 0.614. The van der Waals surface area contributed by atoms with Crippen LogP contribution in [0, 0.1) is 26.8 Å². The second-order valence-corrected chi connectivity index (χ2v) is 1.85. The van der Waals surface area contributed by atoms with Crippen LogP contribution in [0.25, 0.3) is 0 Å². The zero-order valence-corrected chi connectivity index (χ0v) is 8.67. The smallest absolute Gasteiger partial charge is 0.293 e. The first-order chi connectivity index (χ1) is 5.59. The molecule has 13 heavy (non-hydrogen) atoms. The molecule has 0 N–H and O–H groups in total. The van der Waals surface area contributed by atoms with E-state index in [-0.39, 0.29) is 35.3 Å². The van der Waals surface area contributed by atoms with E-state index < -0.39 is 15.7 Å². The Labute approximate surface area is 94.3 Å². The Morgan fingerprint density at radius 3 is 2.46 bits per heavy atom. The second kappa shape index (κ2) is 4.85. The molecule has 1 rings (SSSR count). The van der Waals surface area contributed by atoms with Gasteiger partial charge < -0.3 is 0 Å². The molecule has 0 aromatic carbocycles. The van der Waals surface area contributed by atoms with E-state index >= 15 is 0 Å². The number of nitro groups is 2. The SMILES string of the molecule is O=[N+]([O-])[CH-]c1cc[c-]([N+](=O)[O-])[o+]1.[Na+]. The molecule has 0 fully saturated rings. The molecule has 64 valence electrons. The van der Waals surface area contributed by atoms with Gasteiger partial charge in [0.15, 0.2) is 5.76 Å². The van der Waals surface area contributed by atoms with Crippen molar-refractivity contribution in [2.24, 2.45) is 0 Å². The van der Waals surface area contributed by atoms with Crippen LogP contribution in [0.5, 0.6) is 0 Å². The van der Waals surface area contributed by atoms with E-state index in [2.05, 4.69) is 4.42 Å². The average molecular weight is 194 g/mol. The number of hydrogen-bond donors (Lipinski definition) is 0. The monoisotopic (exact) mass is 194 g/mol. The van der Waals surface area contributed by atoms with Crippen molar-refractivity contribution >= 4 is 5.88 Å². The van der Waals surface area contributed by atoms with E-state index in [1.807, 2.05) is 0 Å². The van der Waals surface area contributed by atoms with Crippen molar-refractivity contribution in [2.45, 2.75) is 0 Å². The summed E-state index contributed by atoms with van der Waals surface area (Å²) >= 11 is 0. The molecule has 0 atom stereocenters. The summed E-state index contributed by atoms with van der Waals surface area (Å²) in [6.07, 6.45) is 0. The summed E-state index contributed by atoms with van der Waals surface area (Å²) in [5.74, 6) is -0.658. The van der Waals surface area contributed by atoms with Crippen LogP contribution in [0.15, 0.2) is 16.5 Å². The van der Waals surface area contributed by atoms with Crippen LogP contribution in [0.1, 0.15) is 5.76 Å². The van der Waals surface area contributed by atoms with Crippen molar-refractivity contribution in [3.63, 3.8) is 0 Å². The Kier molecular flexibility index (Phi) is 4.46. The van der Waals surface area contributed by atoms with Gasteiger partial charge in [0.1, 0.15) is 6.54 Å². The summed E-state index contributed by atoms with van der Waals surface area (Å²) in [7, 11) is 0. The molecular formula is C5H3N2NaO5. The maximum absolute atomic E-state index is 10.0. The Morgan fingerprint density at radius 2 is 2.08 bits per heavy atom. The fraction of sp³-hybridized carbons (Fsp3) is 0. The van der Waals surface area contributed by atoms with Gasteiger partial charge in [0.25, 0.3) is 0 Å². The van der Waals surface area contributed by atoms with Crippen molar-refractivity contribution in [3.8, 4) is 0 Å². The molecule has 7 nitrogen and oxygen atoms in total. The van der Waals surface area contributed by atoms with Gasteiger partial charge in [-0.15, -0.1) is 6.07 Å². The Balaban J connectivity index is 0.00000144. The molecule has 8 heteroatoms. The van der Waals surface area contributed by atoms with E-state index in [0.717, 1.165) is 12.1 Å². The second-order valence-electron chi connectivity index (χ2n) is 1.85. The molecule has 0 unspecified atom stereocenters. The molecule has 0 aliphatic carbocycles. The summed E-state index contributed by atoms with van der Waals surface area (Å²) in [6.45, 7) is 0.549. The van der Waals surface area contributed by atoms with Gasteiger partial charge in [-0.1, -0.05) is 0 Å². The van der Waals surface area contributed by atoms with Crippen LogP contribution >= 0.6 is 0 Å². The van der Waals surface area contributed by atoms with Crippen LogP contribution in [-0.2, 0) is 0 Å². The predicted molar refractivity (Wildman–Crippen MR) is 35.8 cm³/mol. The topological polar surface area (TPSA) is 97.6 Å². The molecule has 0 saturated heterocycles. The third-order valence-corrected chi connectivity index (χ3v) is 1.03. The summed E-state index contributed by atoms with van der Waals surface area (Å²) in [5, 5.41) is 19.9. The van der Waals surface area contributed by atoms with Crippen molar-refractivity contribution in [2.75, 3.05) is 0 Å². The fourth-order valence-electron chi connectivity index (χ4n) is 0.614. The molecule has 1 heterocycles. The maximum atomic E-state index is 10.0. The standard InChI is InChI=1S/C5H3N2O5.Na/c8-6(9)3-4-1-2-5(12-4)7(10)11;/h1-3H;/q-1;+1. The van der Waals surface area contributed by atoms with Crippen molar-refractivity contribution in [1.82, 2.24) is 0 Å². The van der Waals surface area contributed by atoms with Gasteiger partial charge in [0, 0.05) is 6.07 Å². The summed E-state index contributed by atoms with van der Waals surface area (Å²) in [6, 6.07) is 2.20. The first kappa shape index (κ1) is 11.9. The molecule has 0 aliphatic rings. The van der Waals surface area contributed by atoms with Gasteiger partial charge in [-0.25, -0.2) is 0 Å². The minimum absolute atomic E-state index is 0. The van der Waals surface area contributed by atoms with Crippen molar-refractivity contribution < 1.29 is 43.8 Å². The van der Waals surface area contributed by atoms with Crippen molar-refractivity contribution in [1.29, 1.82) is 0 Å². The average Bonchev–Trinajstić information content (AvgIpc) is 2.34. The van der Waals surface area contributed by atoms with Gasteiger partial charge in [0.05, 0.1) is 4.92 Å². The molecule has 0 saturated carbocycles. The third-order valence-electron chi connectivity index (χ3n) is 1.03. The van der Waals surface area contributed by atoms with Crippen LogP contribution in [0.3, 0.4) is 0 Å². The van der Waals surface area contributed by atoms with E-state index in [1.54, 1.807) is 0 Å². The maximum Gasteiger partial charge on any atom is 1.00 e. The zero-order valence-electron chi connectivity index (χ0n) is 6.67. The Hall–Kier alpha value is -1.05. The first-order valence-electron chi connectivity index (χ1n) is 2.82. The van der Waals surface area contributed by atoms with Crippen LogP contribution in [-0.4, -0.2) is 9.85 Å². The zero-order chi connectivity index (χ0) is 9.14. The summed E-state index contributed by atoms with van der Waals surface area (Å²) in [5.41, 5.74) is 0. The molecule has 0 bridgehead atoms. The molecular weight excluding hydrogens is 191 g/mol. The van der Waals surface area contributed by atoms with Crippen molar-refractivity contribution in [3.05, 3.63) is 44.7 Å². The Morgan fingerprint density at radius 1 is 1.46 bits per heavy atom. The van der Waals surface area contributed by atoms with Gasteiger partial charge in [-0.05, 0) is 4.92 Å². The quantitative estimate of drug-likeness (QED) is 0.182. The van der Waals surface area contributed by atoms with Gasteiger partial charge in [0.2, 0.25) is 0 Å². The van der Waals surface area contributed by atoms with E-state index in [9.17, 15) is 20.2 Å². The summed E-state index contributed by atoms with van der Waals surface area (Å²) in [4.78, 5) is 18.4. The van der Waals surface area contributed by atoms with Crippen LogP contribution < -0.4 is 29.6 Å². The number of hydrogen-bond acceptors (Lipinski definition) is 4. The number of furan rings is 1. The molecule has 0 radical (unpaired) electrons. The minimum Gasteiger partial charge on any atom is -0.293 e. The summed E-state index contributed by atoms with van der Waals surface area (Å²) < 4.78 is 4.46. The van der Waals surface area contributed by atoms with E-state index in [1.165, 1.54) is 0 Å². The van der Waals surface area contributed by atoms with Gasteiger partial charge >= 0.3 is 35.4 Å². The van der Waals surface area contributed by atoms with Gasteiger partial charge in [-0.3, -0.25) is 24.6 Å². The van der Waals surface area contributed by atoms with E-state index in [0.29, 0.717) is 6.54 Å². The minimum atomic E-state index is -0.767.